The van der Waals surface area contributed by atoms with Crippen molar-refractivity contribution in [3.8, 4) is 0 Å². The second-order valence-corrected chi connectivity index (χ2v) is 4.08. The summed E-state index contributed by atoms with van der Waals surface area (Å²) in [5, 5.41) is 14.1. The zero-order chi connectivity index (χ0) is 13.0. The van der Waals surface area contributed by atoms with Gasteiger partial charge in [0.2, 0.25) is 5.91 Å². The molecule has 92 valence electrons. The molecule has 0 bridgehead atoms. The summed E-state index contributed by atoms with van der Waals surface area (Å²) in [6.45, 7) is 1.24. The Labute approximate surface area is 101 Å². The lowest BCUT2D eigenvalue weighted by atomic mass is 10.3. The van der Waals surface area contributed by atoms with Gasteiger partial charge in [0.25, 0.3) is 0 Å². The van der Waals surface area contributed by atoms with Gasteiger partial charge in [0.1, 0.15) is 4.88 Å². The minimum atomic E-state index is -1.26. The topological polar surface area (TPSA) is 108 Å². The summed E-state index contributed by atoms with van der Waals surface area (Å²) in [6.07, 6.45) is 0. The number of rotatable bonds is 5. The first kappa shape index (κ1) is 13.1. The number of anilines is 1. The first-order chi connectivity index (χ1) is 7.95. The highest BCUT2D eigenvalue weighted by Gasteiger charge is 2.20. The fourth-order valence-electron chi connectivity index (χ4n) is 1.02. The van der Waals surface area contributed by atoms with Crippen molar-refractivity contribution in [3.05, 3.63) is 10.6 Å². The average Bonchev–Trinajstić information content (AvgIpc) is 2.70. The average molecular weight is 257 g/mol. The Morgan fingerprint density at radius 2 is 2.06 bits per heavy atom. The summed E-state index contributed by atoms with van der Waals surface area (Å²) in [5.41, 5.74) is -0.290. The van der Waals surface area contributed by atoms with Gasteiger partial charge in [-0.25, -0.2) is 9.78 Å². The van der Waals surface area contributed by atoms with Gasteiger partial charge in [0, 0.05) is 14.0 Å². The van der Waals surface area contributed by atoms with Crippen LogP contribution in [0.25, 0.3) is 0 Å². The standard InChI is InChI=1S/C9H11N3O4S/c1-4(13)7-6(8(15)16)12-9(17-7)11-3-5(14)10-2/h3H2,1-2H3,(H,10,14)(H,11,12)(H,15,16). The van der Waals surface area contributed by atoms with Crippen molar-refractivity contribution < 1.29 is 19.5 Å². The van der Waals surface area contributed by atoms with Crippen LogP contribution in [0.1, 0.15) is 27.1 Å². The van der Waals surface area contributed by atoms with Gasteiger partial charge in [0.05, 0.1) is 6.54 Å². The van der Waals surface area contributed by atoms with Crippen molar-refractivity contribution >= 4 is 34.1 Å². The van der Waals surface area contributed by atoms with E-state index in [1.807, 2.05) is 0 Å². The number of carboxylic acids is 1. The molecular formula is C9H11N3O4S. The molecule has 17 heavy (non-hydrogen) atoms. The van der Waals surface area contributed by atoms with Crippen LogP contribution >= 0.6 is 11.3 Å². The number of carboxylic acid groups (broad SMARTS) is 1. The molecule has 0 unspecified atom stereocenters. The van der Waals surface area contributed by atoms with E-state index in [0.717, 1.165) is 11.3 Å². The first-order valence-electron chi connectivity index (χ1n) is 4.65. The summed E-state index contributed by atoms with van der Waals surface area (Å²) in [7, 11) is 1.48. The van der Waals surface area contributed by atoms with Crippen LogP contribution in [0.5, 0.6) is 0 Å². The molecule has 0 aliphatic heterocycles. The van der Waals surface area contributed by atoms with E-state index in [1.165, 1.54) is 14.0 Å². The molecule has 0 saturated heterocycles. The Kier molecular flexibility index (Phi) is 4.16. The minimum absolute atomic E-state index is 0.0274. The monoisotopic (exact) mass is 257 g/mol. The van der Waals surface area contributed by atoms with E-state index >= 15 is 0 Å². The molecule has 0 radical (unpaired) electrons. The number of carbonyl (C=O) groups excluding carboxylic acids is 2. The number of hydrogen-bond donors (Lipinski definition) is 3. The number of aromatic carboxylic acids is 1. The van der Waals surface area contributed by atoms with Crippen LogP contribution in [0.4, 0.5) is 5.13 Å². The number of ketones is 1. The Bertz CT molecular complexity index is 437. The molecule has 0 atom stereocenters. The van der Waals surface area contributed by atoms with Gasteiger partial charge in [-0.3, -0.25) is 9.59 Å². The molecule has 1 rings (SSSR count). The normalized spacial score (nSPS) is 9.76. The number of carbonyl (C=O) groups is 3. The Morgan fingerprint density at radius 1 is 1.41 bits per heavy atom. The predicted molar refractivity (Wildman–Crippen MR) is 61.6 cm³/mol. The minimum Gasteiger partial charge on any atom is -0.476 e. The van der Waals surface area contributed by atoms with Crippen LogP contribution < -0.4 is 10.6 Å². The van der Waals surface area contributed by atoms with Crippen molar-refractivity contribution in [2.75, 3.05) is 18.9 Å². The van der Waals surface area contributed by atoms with Crippen LogP contribution in [-0.2, 0) is 4.79 Å². The van der Waals surface area contributed by atoms with Crippen LogP contribution in [0.2, 0.25) is 0 Å². The third kappa shape index (κ3) is 3.25. The first-order valence-corrected chi connectivity index (χ1v) is 5.47. The summed E-state index contributed by atoms with van der Waals surface area (Å²) < 4.78 is 0. The number of hydrogen-bond acceptors (Lipinski definition) is 6. The zero-order valence-corrected chi connectivity index (χ0v) is 10.1. The molecular weight excluding hydrogens is 246 g/mol. The van der Waals surface area contributed by atoms with Gasteiger partial charge in [-0.1, -0.05) is 11.3 Å². The van der Waals surface area contributed by atoms with Gasteiger partial charge in [-0.15, -0.1) is 0 Å². The third-order valence-electron chi connectivity index (χ3n) is 1.83. The second kappa shape index (κ2) is 5.39. The molecule has 1 aromatic rings. The van der Waals surface area contributed by atoms with E-state index in [9.17, 15) is 14.4 Å². The summed E-state index contributed by atoms with van der Waals surface area (Å²) in [6, 6.07) is 0. The highest BCUT2D eigenvalue weighted by atomic mass is 32.1. The molecule has 7 nitrogen and oxygen atoms in total. The number of amides is 1. The highest BCUT2D eigenvalue weighted by Crippen LogP contribution is 2.23. The molecule has 0 spiro atoms. The van der Waals surface area contributed by atoms with Crippen molar-refractivity contribution in [3.63, 3.8) is 0 Å². The van der Waals surface area contributed by atoms with E-state index in [4.69, 9.17) is 5.11 Å². The molecule has 0 fully saturated rings. The maximum absolute atomic E-state index is 11.2. The van der Waals surface area contributed by atoms with Crippen LogP contribution in [0, 0.1) is 0 Å². The molecule has 1 amide bonds. The van der Waals surface area contributed by atoms with Crippen molar-refractivity contribution in [2.45, 2.75) is 6.92 Å². The molecule has 3 N–H and O–H groups in total. The van der Waals surface area contributed by atoms with Gasteiger partial charge in [-0.2, -0.15) is 0 Å². The Hall–Kier alpha value is -1.96. The van der Waals surface area contributed by atoms with E-state index in [1.54, 1.807) is 0 Å². The SMILES string of the molecule is CNC(=O)CNc1nc(C(=O)O)c(C(C)=O)s1. The molecule has 8 heteroatoms. The number of aromatic nitrogens is 1. The lowest BCUT2D eigenvalue weighted by Gasteiger charge is -1.99. The Balaban J connectivity index is 2.88. The van der Waals surface area contributed by atoms with Gasteiger partial charge in [-0.05, 0) is 0 Å². The summed E-state index contributed by atoms with van der Waals surface area (Å²) in [5.74, 6) is -1.89. The number of thiazole rings is 1. The largest absolute Gasteiger partial charge is 0.476 e. The van der Waals surface area contributed by atoms with E-state index in [2.05, 4.69) is 15.6 Å². The predicted octanol–water partition coefficient (Wildman–Crippen LogP) is 0.202. The lowest BCUT2D eigenvalue weighted by molar-refractivity contribution is -0.118. The lowest BCUT2D eigenvalue weighted by Crippen LogP contribution is -2.26. The van der Waals surface area contributed by atoms with Crippen molar-refractivity contribution in [1.82, 2.24) is 10.3 Å². The van der Waals surface area contributed by atoms with Gasteiger partial charge < -0.3 is 15.7 Å². The maximum atomic E-state index is 11.2. The molecule has 0 aromatic carbocycles. The van der Waals surface area contributed by atoms with Crippen LogP contribution in [0.15, 0.2) is 0 Å². The number of likely N-dealkylation sites (N-methyl/N-ethyl adjacent to an activating group) is 1. The number of nitrogens with zero attached hydrogens (tertiary/aromatic N) is 1. The van der Waals surface area contributed by atoms with Gasteiger partial charge >= 0.3 is 5.97 Å². The maximum Gasteiger partial charge on any atom is 0.356 e. The highest BCUT2D eigenvalue weighted by molar-refractivity contribution is 7.17. The Morgan fingerprint density at radius 3 is 2.47 bits per heavy atom. The van der Waals surface area contributed by atoms with Crippen LogP contribution in [-0.4, -0.2) is 41.3 Å². The smallest absolute Gasteiger partial charge is 0.356 e. The summed E-state index contributed by atoms with van der Waals surface area (Å²) in [4.78, 5) is 36.8. The van der Waals surface area contributed by atoms with Crippen molar-refractivity contribution in [2.24, 2.45) is 0 Å². The zero-order valence-electron chi connectivity index (χ0n) is 9.23. The fourth-order valence-corrected chi connectivity index (χ4v) is 1.87. The van der Waals surface area contributed by atoms with E-state index < -0.39 is 5.97 Å². The third-order valence-corrected chi connectivity index (χ3v) is 2.94. The number of nitrogens with one attached hydrogen (secondary N) is 2. The molecule has 0 aliphatic carbocycles. The van der Waals surface area contributed by atoms with Gasteiger partial charge in [0.15, 0.2) is 16.6 Å². The molecule has 0 aliphatic rings. The van der Waals surface area contributed by atoms with E-state index in [0.29, 0.717) is 0 Å². The summed E-state index contributed by atoms with van der Waals surface area (Å²) >= 11 is 0.916. The molecule has 0 saturated carbocycles. The number of Topliss-reactive ketones (excluding diaryl/α,β-unsaturated/α-hetero) is 1. The van der Waals surface area contributed by atoms with Crippen molar-refractivity contribution in [1.29, 1.82) is 0 Å². The molecule has 1 heterocycles. The van der Waals surface area contributed by atoms with Crippen LogP contribution in [0.3, 0.4) is 0 Å². The second-order valence-electron chi connectivity index (χ2n) is 3.08. The molecule has 1 aromatic heterocycles. The van der Waals surface area contributed by atoms with E-state index in [-0.39, 0.29) is 33.9 Å². The quantitative estimate of drug-likeness (QED) is 0.650. The fraction of sp³-hybridized carbons (Fsp3) is 0.333.